The fourth-order valence-corrected chi connectivity index (χ4v) is 1.55. The quantitative estimate of drug-likeness (QED) is 0.768. The molecule has 15 heavy (non-hydrogen) atoms. The minimum Gasteiger partial charge on any atom is -0.370 e. The van der Waals surface area contributed by atoms with Gasteiger partial charge in [-0.15, -0.1) is 0 Å². The van der Waals surface area contributed by atoms with Gasteiger partial charge < -0.3 is 11.5 Å². The van der Waals surface area contributed by atoms with Crippen molar-refractivity contribution in [3.8, 4) is 0 Å². The van der Waals surface area contributed by atoms with E-state index in [1.54, 1.807) is 0 Å². The maximum Gasteiger partial charge on any atom is 0.217 e. The van der Waals surface area contributed by atoms with E-state index >= 15 is 0 Å². The van der Waals surface area contributed by atoms with Crippen LogP contribution in [-0.2, 0) is 4.79 Å². The second kappa shape index (κ2) is 5.51. The van der Waals surface area contributed by atoms with Gasteiger partial charge >= 0.3 is 0 Å². The Morgan fingerprint density at radius 1 is 1.33 bits per heavy atom. The lowest BCUT2D eigenvalue weighted by Crippen LogP contribution is -2.21. The Balaban J connectivity index is 2.53. The van der Waals surface area contributed by atoms with Crippen molar-refractivity contribution in [2.45, 2.75) is 25.8 Å². The monoisotopic (exact) mass is 206 g/mol. The summed E-state index contributed by atoms with van der Waals surface area (Å²) in [4.78, 5) is 10.6. The highest BCUT2D eigenvalue weighted by atomic mass is 16.1. The van der Waals surface area contributed by atoms with Crippen LogP contribution in [0.5, 0.6) is 0 Å². The molecule has 0 aliphatic carbocycles. The van der Waals surface area contributed by atoms with Gasteiger partial charge in [-0.05, 0) is 17.9 Å². The summed E-state index contributed by atoms with van der Waals surface area (Å²) >= 11 is 0. The van der Waals surface area contributed by atoms with E-state index in [2.05, 4.69) is 0 Å². The largest absolute Gasteiger partial charge is 0.370 e. The summed E-state index contributed by atoms with van der Waals surface area (Å²) in [6.07, 6.45) is 1.15. The minimum absolute atomic E-state index is 0.0226. The molecular weight excluding hydrogens is 188 g/mol. The molecule has 0 fully saturated rings. The van der Waals surface area contributed by atoms with E-state index in [-0.39, 0.29) is 17.9 Å². The van der Waals surface area contributed by atoms with Crippen LogP contribution in [-0.4, -0.2) is 5.91 Å². The summed E-state index contributed by atoms with van der Waals surface area (Å²) < 4.78 is 0. The maximum atomic E-state index is 10.6. The Morgan fingerprint density at radius 2 is 1.93 bits per heavy atom. The fourth-order valence-electron chi connectivity index (χ4n) is 1.55. The summed E-state index contributed by atoms with van der Waals surface area (Å²) in [5.41, 5.74) is 12.3. The average Bonchev–Trinajstić information content (AvgIpc) is 2.26. The highest BCUT2D eigenvalue weighted by Crippen LogP contribution is 2.22. The van der Waals surface area contributed by atoms with E-state index in [1.807, 2.05) is 37.3 Å². The number of carbonyl (C=O) groups is 1. The number of primary amides is 1. The van der Waals surface area contributed by atoms with Gasteiger partial charge in [0.1, 0.15) is 0 Å². The Kier molecular flexibility index (Phi) is 4.31. The molecule has 4 N–H and O–H groups in total. The third-order valence-corrected chi connectivity index (χ3v) is 2.64. The lowest BCUT2D eigenvalue weighted by molar-refractivity contribution is -0.118. The van der Waals surface area contributed by atoms with Gasteiger partial charge in [-0.25, -0.2) is 0 Å². The predicted octanol–water partition coefficient (Wildman–Crippen LogP) is 1.59. The molecule has 0 heterocycles. The third kappa shape index (κ3) is 3.72. The molecule has 0 aliphatic heterocycles. The molecule has 2 unspecified atom stereocenters. The molecule has 0 radical (unpaired) electrons. The number of rotatable bonds is 5. The van der Waals surface area contributed by atoms with E-state index in [9.17, 15) is 4.79 Å². The van der Waals surface area contributed by atoms with Crippen molar-refractivity contribution in [2.24, 2.45) is 17.4 Å². The Morgan fingerprint density at radius 3 is 2.47 bits per heavy atom. The molecule has 82 valence electrons. The van der Waals surface area contributed by atoms with Crippen LogP contribution in [0.15, 0.2) is 30.3 Å². The third-order valence-electron chi connectivity index (χ3n) is 2.64. The minimum atomic E-state index is -0.262. The molecule has 1 rings (SSSR count). The zero-order valence-electron chi connectivity index (χ0n) is 9.02. The molecule has 1 amide bonds. The lowest BCUT2D eigenvalue weighted by atomic mass is 9.91. The molecule has 0 aliphatic rings. The molecule has 0 bridgehead atoms. The molecule has 3 nitrogen and oxygen atoms in total. The highest BCUT2D eigenvalue weighted by Gasteiger charge is 2.14. The molecule has 0 aromatic heterocycles. The second-order valence-corrected chi connectivity index (χ2v) is 3.92. The molecular formula is C12H18N2O. The van der Waals surface area contributed by atoms with Gasteiger partial charge in [0.05, 0.1) is 0 Å². The van der Waals surface area contributed by atoms with Crippen molar-refractivity contribution in [3.63, 3.8) is 0 Å². The number of carbonyl (C=O) groups excluding carboxylic acids is 1. The average molecular weight is 206 g/mol. The highest BCUT2D eigenvalue weighted by molar-refractivity contribution is 5.73. The predicted molar refractivity (Wildman–Crippen MR) is 61.0 cm³/mol. The Labute approximate surface area is 90.5 Å². The molecule has 0 saturated heterocycles. The first kappa shape index (κ1) is 11.7. The van der Waals surface area contributed by atoms with Crippen molar-refractivity contribution in [1.82, 2.24) is 0 Å². The summed E-state index contributed by atoms with van der Waals surface area (Å²) in [6.45, 7) is 2.04. The standard InChI is InChI=1S/C12H18N2O/c1-9(7-8-11(13)15)12(14)10-5-3-2-4-6-10/h2-6,9,12H,7-8,14H2,1H3,(H2,13,15). The molecule has 0 spiro atoms. The molecule has 1 aromatic rings. The Bertz CT molecular complexity index is 311. The normalized spacial score (nSPS) is 14.5. The van der Waals surface area contributed by atoms with Crippen LogP contribution < -0.4 is 11.5 Å². The van der Waals surface area contributed by atoms with Gasteiger partial charge in [0, 0.05) is 12.5 Å². The molecule has 2 atom stereocenters. The maximum absolute atomic E-state index is 10.6. The van der Waals surface area contributed by atoms with Crippen molar-refractivity contribution in [1.29, 1.82) is 0 Å². The van der Waals surface area contributed by atoms with Crippen LogP contribution in [0.4, 0.5) is 0 Å². The second-order valence-electron chi connectivity index (χ2n) is 3.92. The first-order chi connectivity index (χ1) is 7.11. The first-order valence-electron chi connectivity index (χ1n) is 5.20. The summed E-state index contributed by atoms with van der Waals surface area (Å²) in [5.74, 6) is 0.00186. The van der Waals surface area contributed by atoms with Gasteiger partial charge in [0.2, 0.25) is 5.91 Å². The van der Waals surface area contributed by atoms with Gasteiger partial charge in [-0.3, -0.25) is 4.79 Å². The number of amides is 1. The van der Waals surface area contributed by atoms with Crippen LogP contribution in [0.25, 0.3) is 0 Å². The van der Waals surface area contributed by atoms with E-state index in [0.717, 1.165) is 12.0 Å². The van der Waals surface area contributed by atoms with Crippen LogP contribution in [0.2, 0.25) is 0 Å². The van der Waals surface area contributed by atoms with E-state index in [0.29, 0.717) is 6.42 Å². The summed E-state index contributed by atoms with van der Waals surface area (Å²) in [5, 5.41) is 0. The van der Waals surface area contributed by atoms with Crippen molar-refractivity contribution in [3.05, 3.63) is 35.9 Å². The van der Waals surface area contributed by atoms with Gasteiger partial charge in [0.15, 0.2) is 0 Å². The smallest absolute Gasteiger partial charge is 0.217 e. The van der Waals surface area contributed by atoms with Gasteiger partial charge in [-0.1, -0.05) is 37.3 Å². The number of benzene rings is 1. The number of hydrogen-bond acceptors (Lipinski definition) is 2. The topological polar surface area (TPSA) is 69.1 Å². The van der Waals surface area contributed by atoms with Crippen LogP contribution in [0.3, 0.4) is 0 Å². The van der Waals surface area contributed by atoms with Gasteiger partial charge in [0.25, 0.3) is 0 Å². The van der Waals surface area contributed by atoms with Gasteiger partial charge in [-0.2, -0.15) is 0 Å². The molecule has 3 heteroatoms. The van der Waals surface area contributed by atoms with Crippen molar-refractivity contribution < 1.29 is 4.79 Å². The summed E-state index contributed by atoms with van der Waals surface area (Å²) in [6, 6.07) is 9.89. The van der Waals surface area contributed by atoms with Crippen molar-refractivity contribution in [2.75, 3.05) is 0 Å². The lowest BCUT2D eigenvalue weighted by Gasteiger charge is -2.19. The number of nitrogens with two attached hydrogens (primary N) is 2. The SMILES string of the molecule is CC(CCC(N)=O)C(N)c1ccccc1. The van der Waals surface area contributed by atoms with Crippen LogP contribution >= 0.6 is 0 Å². The Hall–Kier alpha value is -1.35. The van der Waals surface area contributed by atoms with Crippen LogP contribution in [0, 0.1) is 5.92 Å². The fraction of sp³-hybridized carbons (Fsp3) is 0.417. The molecule has 0 saturated carbocycles. The zero-order chi connectivity index (χ0) is 11.3. The first-order valence-corrected chi connectivity index (χ1v) is 5.20. The van der Waals surface area contributed by atoms with Crippen LogP contribution in [0.1, 0.15) is 31.4 Å². The molecule has 1 aromatic carbocycles. The van der Waals surface area contributed by atoms with Crippen molar-refractivity contribution >= 4 is 5.91 Å². The summed E-state index contributed by atoms with van der Waals surface area (Å²) in [7, 11) is 0. The van der Waals surface area contributed by atoms with E-state index in [4.69, 9.17) is 11.5 Å². The van der Waals surface area contributed by atoms with E-state index in [1.165, 1.54) is 0 Å². The zero-order valence-corrected chi connectivity index (χ0v) is 9.02. The number of hydrogen-bond donors (Lipinski definition) is 2. The van der Waals surface area contributed by atoms with E-state index < -0.39 is 0 Å².